The summed E-state index contributed by atoms with van der Waals surface area (Å²) in [6.45, 7) is 1.87. The molecule has 0 unspecified atom stereocenters. The number of anilines is 2. The molecule has 2 aromatic carbocycles. The van der Waals surface area contributed by atoms with Crippen LogP contribution in [0.25, 0.3) is 0 Å². The van der Waals surface area contributed by atoms with Gasteiger partial charge in [-0.1, -0.05) is 23.7 Å². The Morgan fingerprint density at radius 2 is 1.86 bits per heavy atom. The molecule has 0 aromatic heterocycles. The van der Waals surface area contributed by atoms with E-state index < -0.39 is 0 Å². The van der Waals surface area contributed by atoms with E-state index in [1.54, 1.807) is 12.1 Å². The van der Waals surface area contributed by atoms with E-state index >= 15 is 0 Å². The molecule has 2 amide bonds. The number of hydrogen-bond donors (Lipinski definition) is 2. The van der Waals surface area contributed by atoms with Crippen molar-refractivity contribution < 1.29 is 9.53 Å². The summed E-state index contributed by atoms with van der Waals surface area (Å²) in [6.07, 6.45) is 0. The molecular formula is C15H14ClIN2O2. The van der Waals surface area contributed by atoms with Crippen molar-refractivity contribution in [2.24, 2.45) is 0 Å². The maximum Gasteiger partial charge on any atom is 0.323 e. The fraction of sp³-hybridized carbons (Fsp3) is 0.133. The smallest absolute Gasteiger partial charge is 0.323 e. The van der Waals surface area contributed by atoms with Crippen molar-refractivity contribution >= 4 is 51.6 Å². The number of halogens is 2. The molecule has 2 rings (SSSR count). The summed E-state index contributed by atoms with van der Waals surface area (Å²) in [5, 5.41) is 6.16. The number of nitrogens with one attached hydrogen (secondary N) is 2. The second-order valence-electron chi connectivity index (χ2n) is 4.36. The van der Waals surface area contributed by atoms with Gasteiger partial charge in [-0.25, -0.2) is 4.79 Å². The number of aryl methyl sites for hydroxylation is 1. The van der Waals surface area contributed by atoms with Crippen LogP contribution in [0.3, 0.4) is 0 Å². The van der Waals surface area contributed by atoms with E-state index in [0.717, 1.165) is 14.8 Å². The molecular weight excluding hydrogens is 403 g/mol. The molecule has 0 atom stereocenters. The Labute approximate surface area is 142 Å². The summed E-state index contributed by atoms with van der Waals surface area (Å²) in [6, 6.07) is 10.7. The second kappa shape index (κ2) is 7.00. The lowest BCUT2D eigenvalue weighted by atomic mass is 10.2. The van der Waals surface area contributed by atoms with Crippen molar-refractivity contribution in [1.82, 2.24) is 0 Å². The minimum atomic E-state index is -0.334. The van der Waals surface area contributed by atoms with Gasteiger partial charge in [0, 0.05) is 14.7 Å². The maximum atomic E-state index is 12.1. The van der Waals surface area contributed by atoms with Gasteiger partial charge in [-0.2, -0.15) is 0 Å². The maximum absolute atomic E-state index is 12.1. The molecule has 0 fully saturated rings. The quantitative estimate of drug-likeness (QED) is 0.699. The van der Waals surface area contributed by atoms with Crippen molar-refractivity contribution in [3.63, 3.8) is 0 Å². The Kier molecular flexibility index (Phi) is 5.30. The standard InChI is InChI=1S/C15H14ClIN2O2/c1-9-7-13(14(21-2)8-10(9)16)19-15(20)18-12-6-4-3-5-11(12)17/h3-8H,1-2H3,(H2,18,19,20). The van der Waals surface area contributed by atoms with Crippen LogP contribution < -0.4 is 15.4 Å². The van der Waals surface area contributed by atoms with Gasteiger partial charge in [0.2, 0.25) is 0 Å². The first-order valence-corrected chi connectivity index (χ1v) is 7.63. The third kappa shape index (κ3) is 4.01. The number of benzene rings is 2. The highest BCUT2D eigenvalue weighted by molar-refractivity contribution is 14.1. The number of methoxy groups -OCH3 is 1. The Morgan fingerprint density at radius 1 is 1.19 bits per heavy atom. The van der Waals surface area contributed by atoms with Crippen LogP contribution in [0.1, 0.15) is 5.56 Å². The third-order valence-corrected chi connectivity index (χ3v) is 4.20. The van der Waals surface area contributed by atoms with Crippen LogP contribution >= 0.6 is 34.2 Å². The molecule has 6 heteroatoms. The molecule has 21 heavy (non-hydrogen) atoms. The van der Waals surface area contributed by atoms with Gasteiger partial charge < -0.3 is 15.4 Å². The van der Waals surface area contributed by atoms with Crippen molar-refractivity contribution in [3.05, 3.63) is 50.6 Å². The summed E-state index contributed by atoms with van der Waals surface area (Å²) in [7, 11) is 1.53. The lowest BCUT2D eigenvalue weighted by molar-refractivity contribution is 0.262. The summed E-state index contributed by atoms with van der Waals surface area (Å²) in [5.41, 5.74) is 2.19. The van der Waals surface area contributed by atoms with Gasteiger partial charge >= 0.3 is 6.03 Å². The highest BCUT2D eigenvalue weighted by atomic mass is 127. The Bertz CT molecular complexity index is 677. The molecule has 0 aliphatic carbocycles. The van der Waals surface area contributed by atoms with Gasteiger partial charge in [0.25, 0.3) is 0 Å². The van der Waals surface area contributed by atoms with Gasteiger partial charge in [0.1, 0.15) is 5.75 Å². The Balaban J connectivity index is 2.17. The zero-order chi connectivity index (χ0) is 15.4. The van der Waals surface area contributed by atoms with Crippen LogP contribution in [0.15, 0.2) is 36.4 Å². The number of para-hydroxylation sites is 1. The third-order valence-electron chi connectivity index (χ3n) is 2.85. The molecule has 110 valence electrons. The summed E-state index contributed by atoms with van der Waals surface area (Å²) >= 11 is 8.21. The van der Waals surface area contributed by atoms with E-state index in [0.29, 0.717) is 16.5 Å². The molecule has 0 aliphatic rings. The molecule has 0 radical (unpaired) electrons. The number of carbonyl (C=O) groups excluding carboxylic acids is 1. The van der Waals surface area contributed by atoms with E-state index in [4.69, 9.17) is 16.3 Å². The first-order chi connectivity index (χ1) is 10.0. The molecule has 0 saturated heterocycles. The number of carbonyl (C=O) groups is 1. The van der Waals surface area contributed by atoms with Crippen LogP contribution in [0, 0.1) is 10.5 Å². The number of rotatable bonds is 3. The predicted molar refractivity (Wildman–Crippen MR) is 94.5 cm³/mol. The molecule has 2 aromatic rings. The molecule has 2 N–H and O–H groups in total. The zero-order valence-corrected chi connectivity index (χ0v) is 14.4. The van der Waals surface area contributed by atoms with Crippen LogP contribution in [-0.2, 0) is 0 Å². The number of ether oxygens (including phenoxy) is 1. The average molecular weight is 417 g/mol. The van der Waals surface area contributed by atoms with Gasteiger partial charge in [-0.05, 0) is 53.3 Å². The summed E-state index contributed by atoms with van der Waals surface area (Å²) < 4.78 is 6.19. The van der Waals surface area contributed by atoms with Crippen LogP contribution in [0.2, 0.25) is 5.02 Å². The van der Waals surface area contributed by atoms with Gasteiger partial charge in [0.15, 0.2) is 0 Å². The summed E-state index contributed by atoms with van der Waals surface area (Å²) in [4.78, 5) is 12.1. The normalized spacial score (nSPS) is 10.1. The molecule has 0 spiro atoms. The van der Waals surface area contributed by atoms with E-state index in [1.807, 2.05) is 31.2 Å². The van der Waals surface area contributed by atoms with E-state index in [2.05, 4.69) is 33.2 Å². The first-order valence-electron chi connectivity index (χ1n) is 6.18. The van der Waals surface area contributed by atoms with Crippen molar-refractivity contribution in [2.45, 2.75) is 6.92 Å². The molecule has 0 aliphatic heterocycles. The monoisotopic (exact) mass is 416 g/mol. The van der Waals surface area contributed by atoms with Crippen molar-refractivity contribution in [3.8, 4) is 5.75 Å². The van der Waals surface area contributed by atoms with Gasteiger partial charge in [0.05, 0.1) is 18.5 Å². The number of hydrogen-bond acceptors (Lipinski definition) is 2. The number of urea groups is 1. The largest absolute Gasteiger partial charge is 0.495 e. The van der Waals surface area contributed by atoms with Crippen molar-refractivity contribution in [1.29, 1.82) is 0 Å². The van der Waals surface area contributed by atoms with Crippen LogP contribution in [0.5, 0.6) is 5.75 Å². The van der Waals surface area contributed by atoms with Crippen molar-refractivity contribution in [2.75, 3.05) is 17.7 Å². The topological polar surface area (TPSA) is 50.4 Å². The minimum absolute atomic E-state index is 0.334. The van der Waals surface area contributed by atoms with E-state index in [1.165, 1.54) is 7.11 Å². The minimum Gasteiger partial charge on any atom is -0.495 e. The second-order valence-corrected chi connectivity index (χ2v) is 5.93. The molecule has 0 heterocycles. The number of amides is 2. The SMILES string of the molecule is COc1cc(Cl)c(C)cc1NC(=O)Nc1ccccc1I. The Hall–Kier alpha value is -1.47. The van der Waals surface area contributed by atoms with Gasteiger partial charge in [-0.15, -0.1) is 0 Å². The molecule has 4 nitrogen and oxygen atoms in total. The molecule has 0 saturated carbocycles. The van der Waals surface area contributed by atoms with E-state index in [-0.39, 0.29) is 6.03 Å². The first kappa shape index (κ1) is 15.9. The summed E-state index contributed by atoms with van der Waals surface area (Å²) in [5.74, 6) is 0.517. The van der Waals surface area contributed by atoms with E-state index in [9.17, 15) is 4.79 Å². The molecule has 0 bridgehead atoms. The Morgan fingerprint density at radius 3 is 2.52 bits per heavy atom. The highest BCUT2D eigenvalue weighted by Crippen LogP contribution is 2.31. The van der Waals surface area contributed by atoms with Crippen LogP contribution in [0.4, 0.5) is 16.2 Å². The zero-order valence-electron chi connectivity index (χ0n) is 11.5. The van der Waals surface area contributed by atoms with Gasteiger partial charge in [-0.3, -0.25) is 0 Å². The fourth-order valence-corrected chi connectivity index (χ4v) is 2.44. The fourth-order valence-electron chi connectivity index (χ4n) is 1.77. The average Bonchev–Trinajstić information content (AvgIpc) is 2.45. The van der Waals surface area contributed by atoms with Crippen LogP contribution in [-0.4, -0.2) is 13.1 Å². The highest BCUT2D eigenvalue weighted by Gasteiger charge is 2.11. The lowest BCUT2D eigenvalue weighted by Gasteiger charge is -2.13. The lowest BCUT2D eigenvalue weighted by Crippen LogP contribution is -2.20. The predicted octanol–water partition coefficient (Wildman–Crippen LogP) is 4.91.